The van der Waals surface area contributed by atoms with Gasteiger partial charge in [0.1, 0.15) is 6.10 Å². The summed E-state index contributed by atoms with van der Waals surface area (Å²) in [5.74, 6) is 0. The van der Waals surface area contributed by atoms with Gasteiger partial charge in [0.25, 0.3) is 0 Å². The first-order valence-corrected chi connectivity index (χ1v) is 4.09. The third-order valence-electron chi connectivity index (χ3n) is 2.49. The molecule has 0 radical (unpaired) electrons. The molecule has 0 saturated heterocycles. The molecule has 2 N–H and O–H groups in total. The fourth-order valence-corrected chi connectivity index (χ4v) is 1.78. The van der Waals surface area contributed by atoms with Gasteiger partial charge in [-0.3, -0.25) is 0 Å². The lowest BCUT2D eigenvalue weighted by Gasteiger charge is -2.20. The monoisotopic (exact) mass is 164 g/mol. The van der Waals surface area contributed by atoms with E-state index < -0.39 is 11.7 Å². The molecule has 2 atom stereocenters. The van der Waals surface area contributed by atoms with E-state index in [1.807, 2.05) is 24.3 Å². The van der Waals surface area contributed by atoms with E-state index in [-0.39, 0.29) is 0 Å². The van der Waals surface area contributed by atoms with Gasteiger partial charge in [-0.2, -0.15) is 0 Å². The third-order valence-corrected chi connectivity index (χ3v) is 2.49. The topological polar surface area (TPSA) is 40.5 Å². The molecule has 2 rings (SSSR count). The quantitative estimate of drug-likeness (QED) is 0.601. The Labute approximate surface area is 71.5 Å². The van der Waals surface area contributed by atoms with Crippen LogP contribution in [0.5, 0.6) is 0 Å². The first-order valence-electron chi connectivity index (χ1n) is 4.09. The van der Waals surface area contributed by atoms with Crippen LogP contribution in [-0.2, 0) is 6.42 Å². The van der Waals surface area contributed by atoms with Crippen molar-refractivity contribution in [2.24, 2.45) is 0 Å². The van der Waals surface area contributed by atoms with Crippen molar-refractivity contribution in [3.05, 3.63) is 35.4 Å². The van der Waals surface area contributed by atoms with Crippen molar-refractivity contribution in [1.82, 2.24) is 0 Å². The predicted octanol–water partition coefficient (Wildman–Crippen LogP) is 1.03. The minimum absolute atomic E-state index is 0.546. The van der Waals surface area contributed by atoms with E-state index in [9.17, 15) is 10.2 Å². The first kappa shape index (κ1) is 7.77. The van der Waals surface area contributed by atoms with Crippen molar-refractivity contribution in [3.63, 3.8) is 0 Å². The molecule has 1 aliphatic carbocycles. The van der Waals surface area contributed by atoms with Crippen molar-refractivity contribution >= 4 is 0 Å². The van der Waals surface area contributed by atoms with E-state index >= 15 is 0 Å². The van der Waals surface area contributed by atoms with Crippen LogP contribution in [0.2, 0.25) is 0 Å². The highest BCUT2D eigenvalue weighted by atomic mass is 16.3. The molecule has 0 unspecified atom stereocenters. The molecule has 0 heterocycles. The van der Waals surface area contributed by atoms with Crippen LogP contribution in [0.1, 0.15) is 24.2 Å². The molecule has 1 aromatic carbocycles. The summed E-state index contributed by atoms with van der Waals surface area (Å²) in [7, 11) is 0. The highest BCUT2D eigenvalue weighted by Gasteiger charge is 2.39. The normalized spacial score (nSPS) is 33.4. The highest BCUT2D eigenvalue weighted by Crippen LogP contribution is 2.38. The molecule has 0 amide bonds. The van der Waals surface area contributed by atoms with E-state index in [0.717, 1.165) is 11.1 Å². The molecule has 0 saturated carbocycles. The van der Waals surface area contributed by atoms with Gasteiger partial charge in [0.2, 0.25) is 0 Å². The number of hydrogen-bond donors (Lipinski definition) is 2. The largest absolute Gasteiger partial charge is 0.387 e. The molecule has 0 aromatic heterocycles. The van der Waals surface area contributed by atoms with Gasteiger partial charge in [-0.05, 0) is 18.1 Å². The van der Waals surface area contributed by atoms with Gasteiger partial charge in [0.05, 0.1) is 5.60 Å². The maximum atomic E-state index is 9.73. The molecule has 0 aliphatic heterocycles. The van der Waals surface area contributed by atoms with Gasteiger partial charge in [-0.1, -0.05) is 24.3 Å². The van der Waals surface area contributed by atoms with Crippen LogP contribution in [0.4, 0.5) is 0 Å². The number of aliphatic hydroxyl groups excluding tert-OH is 1. The Bertz CT molecular complexity index is 304. The smallest absolute Gasteiger partial charge is 0.108 e. The van der Waals surface area contributed by atoms with Gasteiger partial charge >= 0.3 is 0 Å². The summed E-state index contributed by atoms with van der Waals surface area (Å²) in [6.45, 7) is 1.66. The Hall–Kier alpha value is -0.860. The van der Waals surface area contributed by atoms with Crippen LogP contribution in [0.25, 0.3) is 0 Å². The lowest BCUT2D eigenvalue weighted by molar-refractivity contribution is -0.0499. The molecule has 2 heteroatoms. The van der Waals surface area contributed by atoms with Crippen LogP contribution in [0.3, 0.4) is 0 Å². The van der Waals surface area contributed by atoms with Gasteiger partial charge < -0.3 is 10.2 Å². The summed E-state index contributed by atoms with van der Waals surface area (Å²) in [6.07, 6.45) is -0.182. The number of benzene rings is 1. The summed E-state index contributed by atoms with van der Waals surface area (Å²) in [5.41, 5.74) is 0.932. The van der Waals surface area contributed by atoms with Crippen LogP contribution < -0.4 is 0 Å². The zero-order chi connectivity index (χ0) is 8.77. The SMILES string of the molecule is C[C@@]1(O)Cc2ccccc2[C@@H]1O. The molecule has 0 fully saturated rings. The Kier molecular flexibility index (Phi) is 1.50. The lowest BCUT2D eigenvalue weighted by atomic mass is 10.0. The van der Waals surface area contributed by atoms with Gasteiger partial charge in [0, 0.05) is 6.42 Å². The second kappa shape index (κ2) is 2.31. The number of rotatable bonds is 0. The molecule has 1 aliphatic rings. The second-order valence-corrected chi connectivity index (χ2v) is 3.64. The zero-order valence-corrected chi connectivity index (χ0v) is 6.99. The van der Waals surface area contributed by atoms with Gasteiger partial charge in [-0.15, -0.1) is 0 Å². The maximum Gasteiger partial charge on any atom is 0.108 e. The van der Waals surface area contributed by atoms with Crippen molar-refractivity contribution in [3.8, 4) is 0 Å². The van der Waals surface area contributed by atoms with Crippen LogP contribution >= 0.6 is 0 Å². The standard InChI is InChI=1S/C10H12O2/c1-10(12)6-7-4-2-3-5-8(7)9(10)11/h2-5,9,11-12H,6H2,1H3/t9-,10+/m0/s1. The Morgan fingerprint density at radius 1 is 1.42 bits per heavy atom. The van der Waals surface area contributed by atoms with Gasteiger partial charge in [0.15, 0.2) is 0 Å². The van der Waals surface area contributed by atoms with Crippen LogP contribution in [0, 0.1) is 0 Å². The van der Waals surface area contributed by atoms with Crippen molar-refractivity contribution in [2.45, 2.75) is 25.0 Å². The molecular weight excluding hydrogens is 152 g/mol. The zero-order valence-electron chi connectivity index (χ0n) is 6.99. The molecule has 2 nitrogen and oxygen atoms in total. The van der Waals surface area contributed by atoms with E-state index in [2.05, 4.69) is 0 Å². The van der Waals surface area contributed by atoms with Crippen LogP contribution in [-0.4, -0.2) is 15.8 Å². The Morgan fingerprint density at radius 3 is 2.75 bits per heavy atom. The first-order chi connectivity index (χ1) is 5.61. The summed E-state index contributed by atoms with van der Waals surface area (Å²) in [4.78, 5) is 0. The van der Waals surface area contributed by atoms with E-state index in [1.165, 1.54) is 0 Å². The average Bonchev–Trinajstić information content (AvgIpc) is 2.24. The molecule has 12 heavy (non-hydrogen) atoms. The fourth-order valence-electron chi connectivity index (χ4n) is 1.78. The Morgan fingerprint density at radius 2 is 2.08 bits per heavy atom. The van der Waals surface area contributed by atoms with Crippen molar-refractivity contribution in [2.75, 3.05) is 0 Å². The summed E-state index contributed by atoms with van der Waals surface area (Å²) >= 11 is 0. The second-order valence-electron chi connectivity index (χ2n) is 3.64. The van der Waals surface area contributed by atoms with Crippen molar-refractivity contribution in [1.29, 1.82) is 0 Å². The van der Waals surface area contributed by atoms with Crippen molar-refractivity contribution < 1.29 is 10.2 Å². The molecule has 0 bridgehead atoms. The number of hydrogen-bond acceptors (Lipinski definition) is 2. The molecular formula is C10H12O2. The van der Waals surface area contributed by atoms with E-state index in [0.29, 0.717) is 6.42 Å². The predicted molar refractivity (Wildman–Crippen MR) is 45.7 cm³/mol. The fraction of sp³-hybridized carbons (Fsp3) is 0.400. The molecule has 64 valence electrons. The highest BCUT2D eigenvalue weighted by molar-refractivity contribution is 5.37. The summed E-state index contributed by atoms with van der Waals surface area (Å²) < 4.78 is 0. The Balaban J connectivity index is 2.49. The van der Waals surface area contributed by atoms with E-state index in [4.69, 9.17) is 0 Å². The average molecular weight is 164 g/mol. The minimum atomic E-state index is -0.982. The molecule has 0 spiro atoms. The summed E-state index contributed by atoms with van der Waals surface area (Å²) in [5, 5.41) is 19.4. The van der Waals surface area contributed by atoms with Gasteiger partial charge in [-0.25, -0.2) is 0 Å². The number of aliphatic hydroxyl groups is 2. The summed E-state index contributed by atoms with van der Waals surface area (Å²) in [6, 6.07) is 7.61. The third kappa shape index (κ3) is 0.958. The minimum Gasteiger partial charge on any atom is -0.387 e. The van der Waals surface area contributed by atoms with Crippen LogP contribution in [0.15, 0.2) is 24.3 Å². The maximum absolute atomic E-state index is 9.73. The lowest BCUT2D eigenvalue weighted by Crippen LogP contribution is -2.29. The van der Waals surface area contributed by atoms with E-state index in [1.54, 1.807) is 6.92 Å². The molecule has 1 aromatic rings. The number of fused-ring (bicyclic) bond motifs is 1.